The maximum absolute atomic E-state index is 10.4. The first kappa shape index (κ1) is 9.98. The van der Waals surface area contributed by atoms with Crippen molar-refractivity contribution in [3.63, 3.8) is 0 Å². The summed E-state index contributed by atoms with van der Waals surface area (Å²) >= 11 is 0. The van der Waals surface area contributed by atoms with Crippen LogP contribution in [0.3, 0.4) is 0 Å². The molecule has 0 spiro atoms. The Kier molecular flexibility index (Phi) is 4.30. The van der Waals surface area contributed by atoms with Crippen molar-refractivity contribution in [1.29, 1.82) is 0 Å². The molecule has 0 fully saturated rings. The van der Waals surface area contributed by atoms with Crippen molar-refractivity contribution in [3.05, 3.63) is 30.3 Å². The van der Waals surface area contributed by atoms with Crippen molar-refractivity contribution in [3.8, 4) is 5.75 Å². The van der Waals surface area contributed by atoms with E-state index in [9.17, 15) is 4.79 Å². The van der Waals surface area contributed by atoms with E-state index in [4.69, 9.17) is 4.74 Å². The van der Waals surface area contributed by atoms with E-state index in [-0.39, 0.29) is 18.4 Å². The van der Waals surface area contributed by atoms with Crippen molar-refractivity contribution >= 4 is 18.4 Å². The van der Waals surface area contributed by atoms with Gasteiger partial charge < -0.3 is 4.74 Å². The Morgan fingerprint density at radius 1 is 1.27 bits per heavy atom. The molecule has 0 radical (unpaired) electrons. The Morgan fingerprint density at radius 3 is 2.27 bits per heavy atom. The lowest BCUT2D eigenvalue weighted by Gasteiger charge is -1.97. The van der Waals surface area contributed by atoms with Gasteiger partial charge in [0.1, 0.15) is 5.75 Å². The molecule has 0 aliphatic rings. The fourth-order valence-electron chi connectivity index (χ4n) is 0.655. The zero-order chi connectivity index (χ0) is 7.40. The third kappa shape index (κ3) is 3.63. The fraction of sp³-hybridized carbons (Fsp3) is 0.125. The Labute approximate surface area is 71.6 Å². The van der Waals surface area contributed by atoms with E-state index < -0.39 is 0 Å². The second kappa shape index (κ2) is 4.74. The summed E-state index contributed by atoms with van der Waals surface area (Å²) < 4.78 is 4.78. The summed E-state index contributed by atoms with van der Waals surface area (Å²) in [5.74, 6) is 0.307. The molecule has 0 aliphatic heterocycles. The van der Waals surface area contributed by atoms with E-state index in [1.54, 1.807) is 12.1 Å². The number of ether oxygens (including phenoxy) is 1. The summed E-state index contributed by atoms with van der Waals surface area (Å²) in [6.07, 6.45) is 0. The van der Waals surface area contributed by atoms with Crippen LogP contribution < -0.4 is 4.74 Å². The average Bonchev–Trinajstić information content (AvgIpc) is 1.88. The standard InChI is InChI=1S/C8H8O2.ClH/c1-7(9)10-8-5-3-2-4-6-8;/h2-6H,1H3;1H. The molecule has 1 aromatic carbocycles. The van der Waals surface area contributed by atoms with Crippen molar-refractivity contribution in [2.24, 2.45) is 0 Å². The summed E-state index contributed by atoms with van der Waals surface area (Å²) in [6, 6.07) is 8.98. The van der Waals surface area contributed by atoms with E-state index in [1.165, 1.54) is 6.92 Å². The molecule has 0 bridgehead atoms. The van der Waals surface area contributed by atoms with Gasteiger partial charge >= 0.3 is 5.97 Å². The minimum Gasteiger partial charge on any atom is -0.427 e. The summed E-state index contributed by atoms with van der Waals surface area (Å²) in [5.41, 5.74) is 0. The molecule has 0 N–H and O–H groups in total. The molecule has 1 aromatic rings. The van der Waals surface area contributed by atoms with Gasteiger partial charge in [-0.2, -0.15) is 0 Å². The van der Waals surface area contributed by atoms with Crippen LogP contribution in [0, 0.1) is 0 Å². The largest absolute Gasteiger partial charge is 0.427 e. The Balaban J connectivity index is 0.000001000. The first-order valence-corrected chi connectivity index (χ1v) is 3.02. The average molecular weight is 173 g/mol. The van der Waals surface area contributed by atoms with Gasteiger partial charge in [0, 0.05) is 6.92 Å². The van der Waals surface area contributed by atoms with E-state index in [0.717, 1.165) is 0 Å². The monoisotopic (exact) mass is 172 g/mol. The van der Waals surface area contributed by atoms with Gasteiger partial charge in [0.15, 0.2) is 0 Å². The highest BCUT2D eigenvalue weighted by Crippen LogP contribution is 2.07. The molecule has 0 saturated carbocycles. The minimum atomic E-state index is -0.286. The van der Waals surface area contributed by atoms with Crippen LogP contribution in [0.15, 0.2) is 30.3 Å². The zero-order valence-corrected chi connectivity index (χ0v) is 6.93. The maximum Gasteiger partial charge on any atom is 0.308 e. The number of carbonyl (C=O) groups is 1. The Morgan fingerprint density at radius 2 is 1.82 bits per heavy atom. The van der Waals surface area contributed by atoms with Crippen LogP contribution in [0.1, 0.15) is 6.92 Å². The highest BCUT2D eigenvalue weighted by Gasteiger charge is 1.92. The van der Waals surface area contributed by atoms with Crippen LogP contribution in [-0.4, -0.2) is 5.97 Å². The fourth-order valence-corrected chi connectivity index (χ4v) is 0.655. The second-order valence-electron chi connectivity index (χ2n) is 1.91. The number of rotatable bonds is 1. The van der Waals surface area contributed by atoms with Gasteiger partial charge in [-0.1, -0.05) is 18.2 Å². The molecule has 0 amide bonds. The van der Waals surface area contributed by atoms with Gasteiger partial charge in [-0.3, -0.25) is 4.79 Å². The van der Waals surface area contributed by atoms with Crippen LogP contribution in [0.5, 0.6) is 5.75 Å². The molecule has 0 atom stereocenters. The van der Waals surface area contributed by atoms with Gasteiger partial charge in [-0.15, -0.1) is 12.4 Å². The molecular weight excluding hydrogens is 164 g/mol. The Hall–Kier alpha value is -1.02. The van der Waals surface area contributed by atoms with Crippen molar-refractivity contribution in [2.75, 3.05) is 0 Å². The lowest BCUT2D eigenvalue weighted by atomic mass is 10.3. The maximum atomic E-state index is 10.4. The number of hydrogen-bond acceptors (Lipinski definition) is 2. The molecule has 0 heterocycles. The topological polar surface area (TPSA) is 26.3 Å². The summed E-state index contributed by atoms with van der Waals surface area (Å²) in [7, 11) is 0. The van der Waals surface area contributed by atoms with Gasteiger partial charge in [-0.25, -0.2) is 0 Å². The second-order valence-corrected chi connectivity index (χ2v) is 1.91. The van der Waals surface area contributed by atoms with Gasteiger partial charge in [0.05, 0.1) is 0 Å². The quantitative estimate of drug-likeness (QED) is 0.479. The molecule has 1 rings (SSSR count). The van der Waals surface area contributed by atoms with E-state index >= 15 is 0 Å². The molecule has 0 aliphatic carbocycles. The number of carbonyl (C=O) groups excluding carboxylic acids is 1. The summed E-state index contributed by atoms with van der Waals surface area (Å²) in [4.78, 5) is 10.4. The predicted octanol–water partition coefficient (Wildman–Crippen LogP) is 2.03. The molecule has 3 heteroatoms. The highest BCUT2D eigenvalue weighted by molar-refractivity contribution is 5.85. The number of esters is 1. The predicted molar refractivity (Wildman–Crippen MR) is 45.0 cm³/mol. The molecule has 0 aromatic heterocycles. The molecule has 2 nitrogen and oxygen atoms in total. The molecule has 11 heavy (non-hydrogen) atoms. The molecule has 0 unspecified atom stereocenters. The van der Waals surface area contributed by atoms with Crippen LogP contribution in [-0.2, 0) is 4.79 Å². The van der Waals surface area contributed by atoms with Gasteiger partial charge in [0.25, 0.3) is 0 Å². The van der Waals surface area contributed by atoms with E-state index in [1.807, 2.05) is 18.2 Å². The number of halogens is 1. The molecular formula is C8H9ClO2. The summed E-state index contributed by atoms with van der Waals surface area (Å²) in [5, 5.41) is 0. The zero-order valence-electron chi connectivity index (χ0n) is 6.11. The lowest BCUT2D eigenvalue weighted by Crippen LogP contribution is -2.00. The van der Waals surface area contributed by atoms with E-state index in [2.05, 4.69) is 0 Å². The molecule has 60 valence electrons. The minimum absolute atomic E-state index is 0. The Bertz CT molecular complexity index is 221. The van der Waals surface area contributed by atoms with Crippen LogP contribution in [0.4, 0.5) is 0 Å². The SMILES string of the molecule is CC(=O)Oc1ccccc1.Cl. The van der Waals surface area contributed by atoms with Crippen LogP contribution in [0.25, 0.3) is 0 Å². The number of hydrogen-bond donors (Lipinski definition) is 0. The summed E-state index contributed by atoms with van der Waals surface area (Å²) in [6.45, 7) is 1.38. The highest BCUT2D eigenvalue weighted by atomic mass is 35.5. The normalized spacial score (nSPS) is 8.09. The number of para-hydroxylation sites is 1. The van der Waals surface area contributed by atoms with Gasteiger partial charge in [0.2, 0.25) is 0 Å². The van der Waals surface area contributed by atoms with Crippen molar-refractivity contribution in [2.45, 2.75) is 6.92 Å². The van der Waals surface area contributed by atoms with Crippen molar-refractivity contribution < 1.29 is 9.53 Å². The first-order valence-electron chi connectivity index (χ1n) is 3.02. The third-order valence-electron chi connectivity index (χ3n) is 1.00. The van der Waals surface area contributed by atoms with Crippen LogP contribution >= 0.6 is 12.4 Å². The van der Waals surface area contributed by atoms with Crippen molar-refractivity contribution in [1.82, 2.24) is 0 Å². The molecule has 0 saturated heterocycles. The van der Waals surface area contributed by atoms with Gasteiger partial charge in [-0.05, 0) is 12.1 Å². The van der Waals surface area contributed by atoms with Crippen LogP contribution in [0.2, 0.25) is 0 Å². The first-order chi connectivity index (χ1) is 4.79. The third-order valence-corrected chi connectivity index (χ3v) is 1.00. The van der Waals surface area contributed by atoms with E-state index in [0.29, 0.717) is 5.75 Å². The smallest absolute Gasteiger partial charge is 0.308 e. The number of benzene rings is 1. The lowest BCUT2D eigenvalue weighted by molar-refractivity contribution is -0.131.